The van der Waals surface area contributed by atoms with Crippen LogP contribution in [0.3, 0.4) is 0 Å². The van der Waals surface area contributed by atoms with Crippen LogP contribution in [-0.4, -0.2) is 30.8 Å². The number of nitrogens with zero attached hydrogens (tertiary/aromatic N) is 1. The topological polar surface area (TPSA) is 15.3 Å². The van der Waals surface area contributed by atoms with Crippen molar-refractivity contribution in [2.45, 2.75) is 38.1 Å². The Kier molecular flexibility index (Phi) is 3.47. The van der Waals surface area contributed by atoms with Gasteiger partial charge < -0.3 is 5.32 Å². The van der Waals surface area contributed by atoms with E-state index in [0.29, 0.717) is 6.54 Å². The third-order valence-electron chi connectivity index (χ3n) is 2.62. The predicted molar refractivity (Wildman–Crippen MR) is 48.6 cm³/mol. The molecule has 1 saturated carbocycles. The van der Waals surface area contributed by atoms with Gasteiger partial charge in [0, 0.05) is 13.1 Å². The van der Waals surface area contributed by atoms with Crippen LogP contribution in [0, 0.1) is 0 Å². The Labute approximate surface area is 74.1 Å². The van der Waals surface area contributed by atoms with E-state index in [9.17, 15) is 4.48 Å². The van der Waals surface area contributed by atoms with E-state index in [2.05, 4.69) is 12.2 Å². The molecule has 0 radical (unpaired) electrons. The van der Waals surface area contributed by atoms with Crippen molar-refractivity contribution >= 4 is 0 Å². The molecule has 0 amide bonds. The van der Waals surface area contributed by atoms with Crippen molar-refractivity contribution in [3.8, 4) is 0 Å². The minimum absolute atomic E-state index is 0.0639. The molecule has 0 aromatic rings. The van der Waals surface area contributed by atoms with Gasteiger partial charge in [-0.3, -0.25) is 0 Å². The SMILES string of the molecule is CCCC1(N(F)CCNC)CC1. The van der Waals surface area contributed by atoms with Crippen LogP contribution in [0.1, 0.15) is 32.6 Å². The van der Waals surface area contributed by atoms with Crippen LogP contribution in [0.4, 0.5) is 4.48 Å². The average molecular weight is 174 g/mol. The summed E-state index contributed by atoms with van der Waals surface area (Å²) in [6, 6.07) is 0. The summed E-state index contributed by atoms with van der Waals surface area (Å²) in [4.78, 5) is 0. The Hall–Kier alpha value is -0.150. The zero-order chi connectivity index (χ0) is 9.03. The summed E-state index contributed by atoms with van der Waals surface area (Å²) in [5, 5.41) is 3.99. The minimum Gasteiger partial charge on any atom is -0.318 e. The van der Waals surface area contributed by atoms with Gasteiger partial charge in [0.15, 0.2) is 0 Å². The molecule has 1 aliphatic rings. The van der Waals surface area contributed by atoms with Crippen molar-refractivity contribution in [2.24, 2.45) is 0 Å². The fourth-order valence-electron chi connectivity index (χ4n) is 1.67. The molecule has 2 nitrogen and oxygen atoms in total. The molecule has 0 unspecified atom stereocenters. The van der Waals surface area contributed by atoms with Crippen molar-refractivity contribution in [1.29, 1.82) is 0 Å². The first-order valence-corrected chi connectivity index (χ1v) is 4.83. The summed E-state index contributed by atoms with van der Waals surface area (Å²) in [6.07, 6.45) is 4.18. The molecule has 0 aromatic carbocycles. The van der Waals surface area contributed by atoms with Crippen LogP contribution in [0.5, 0.6) is 0 Å². The number of halogens is 1. The number of likely N-dealkylation sites (N-methyl/N-ethyl adjacent to an activating group) is 1. The van der Waals surface area contributed by atoms with E-state index >= 15 is 0 Å². The lowest BCUT2D eigenvalue weighted by Gasteiger charge is -2.22. The summed E-state index contributed by atoms with van der Waals surface area (Å²) in [7, 11) is 1.85. The van der Waals surface area contributed by atoms with E-state index < -0.39 is 0 Å². The van der Waals surface area contributed by atoms with Gasteiger partial charge in [-0.2, -0.15) is 0 Å². The summed E-state index contributed by atoms with van der Waals surface area (Å²) in [6.45, 7) is 3.38. The molecule has 0 spiro atoms. The lowest BCUT2D eigenvalue weighted by molar-refractivity contribution is -0.0380. The highest BCUT2D eigenvalue weighted by molar-refractivity contribution is 5.00. The van der Waals surface area contributed by atoms with Crippen LogP contribution < -0.4 is 5.32 Å². The van der Waals surface area contributed by atoms with E-state index in [1.807, 2.05) is 7.05 Å². The predicted octanol–water partition coefficient (Wildman–Crippen LogP) is 1.73. The highest BCUT2D eigenvalue weighted by atomic mass is 19.2. The summed E-state index contributed by atoms with van der Waals surface area (Å²) in [5.74, 6) is 0. The number of hydrogen-bond donors (Lipinski definition) is 1. The largest absolute Gasteiger partial charge is 0.318 e. The number of nitrogens with one attached hydrogen (secondary N) is 1. The van der Waals surface area contributed by atoms with Crippen molar-refractivity contribution in [3.05, 3.63) is 0 Å². The Balaban J connectivity index is 2.25. The Morgan fingerprint density at radius 3 is 2.58 bits per heavy atom. The molecule has 3 heteroatoms. The molecule has 1 fully saturated rings. The molecule has 0 aliphatic heterocycles. The third kappa shape index (κ3) is 2.17. The zero-order valence-corrected chi connectivity index (χ0v) is 8.07. The van der Waals surface area contributed by atoms with Crippen molar-refractivity contribution < 1.29 is 4.48 Å². The molecule has 0 heterocycles. The molecule has 72 valence electrons. The van der Waals surface area contributed by atoms with Gasteiger partial charge in [-0.25, -0.2) is 0 Å². The van der Waals surface area contributed by atoms with Gasteiger partial charge in [0.2, 0.25) is 0 Å². The van der Waals surface area contributed by atoms with Gasteiger partial charge in [-0.15, -0.1) is 9.60 Å². The molecule has 1 aliphatic carbocycles. The lowest BCUT2D eigenvalue weighted by atomic mass is 10.1. The van der Waals surface area contributed by atoms with Gasteiger partial charge >= 0.3 is 0 Å². The smallest absolute Gasteiger partial charge is 0.0514 e. The van der Waals surface area contributed by atoms with E-state index in [-0.39, 0.29) is 5.54 Å². The fraction of sp³-hybridized carbons (Fsp3) is 1.00. The van der Waals surface area contributed by atoms with Crippen LogP contribution in [0.25, 0.3) is 0 Å². The first-order valence-electron chi connectivity index (χ1n) is 4.83. The summed E-state index contributed by atoms with van der Waals surface area (Å²) >= 11 is 0. The molecule has 0 bridgehead atoms. The first-order chi connectivity index (χ1) is 5.75. The first kappa shape index (κ1) is 9.93. The van der Waals surface area contributed by atoms with Gasteiger partial charge in [0.25, 0.3) is 0 Å². The maximum absolute atomic E-state index is 13.4. The van der Waals surface area contributed by atoms with Crippen LogP contribution >= 0.6 is 0 Å². The zero-order valence-electron chi connectivity index (χ0n) is 8.07. The highest BCUT2D eigenvalue weighted by Gasteiger charge is 2.47. The van der Waals surface area contributed by atoms with E-state index in [4.69, 9.17) is 0 Å². The highest BCUT2D eigenvalue weighted by Crippen LogP contribution is 2.45. The van der Waals surface area contributed by atoms with E-state index in [0.717, 1.165) is 37.4 Å². The van der Waals surface area contributed by atoms with Crippen molar-refractivity contribution in [3.63, 3.8) is 0 Å². The second kappa shape index (κ2) is 4.19. The molecule has 1 N–H and O–H groups in total. The molecular formula is C9H19FN2. The summed E-state index contributed by atoms with van der Waals surface area (Å²) < 4.78 is 13.4. The second-order valence-electron chi connectivity index (χ2n) is 3.66. The maximum atomic E-state index is 13.4. The lowest BCUT2D eigenvalue weighted by Crippen LogP contribution is -2.34. The quantitative estimate of drug-likeness (QED) is 0.617. The molecule has 12 heavy (non-hydrogen) atoms. The Morgan fingerprint density at radius 2 is 2.17 bits per heavy atom. The molecule has 0 atom stereocenters. The normalized spacial score (nSPS) is 20.0. The van der Waals surface area contributed by atoms with Crippen LogP contribution in [-0.2, 0) is 0 Å². The molecule has 1 rings (SSSR count). The molecule has 0 saturated heterocycles. The van der Waals surface area contributed by atoms with Crippen molar-refractivity contribution in [2.75, 3.05) is 20.1 Å². The van der Waals surface area contributed by atoms with Gasteiger partial charge in [0.1, 0.15) is 0 Å². The Morgan fingerprint density at radius 1 is 1.50 bits per heavy atom. The monoisotopic (exact) mass is 174 g/mol. The van der Waals surface area contributed by atoms with Crippen molar-refractivity contribution in [1.82, 2.24) is 10.4 Å². The van der Waals surface area contributed by atoms with Crippen LogP contribution in [0.15, 0.2) is 0 Å². The Bertz CT molecular complexity index is 134. The van der Waals surface area contributed by atoms with Gasteiger partial charge in [-0.1, -0.05) is 13.3 Å². The number of hydrogen-bond acceptors (Lipinski definition) is 2. The average Bonchev–Trinajstić information content (AvgIpc) is 2.82. The standard InChI is InChI=1S/C9H19FN2/c1-3-4-9(5-6-9)12(10)8-7-11-2/h11H,3-8H2,1-2H3. The van der Waals surface area contributed by atoms with E-state index in [1.165, 1.54) is 0 Å². The molecular weight excluding hydrogens is 155 g/mol. The third-order valence-corrected chi connectivity index (χ3v) is 2.62. The maximum Gasteiger partial charge on any atom is 0.0514 e. The fourth-order valence-corrected chi connectivity index (χ4v) is 1.67. The van der Waals surface area contributed by atoms with Gasteiger partial charge in [-0.05, 0) is 26.3 Å². The molecule has 0 aromatic heterocycles. The number of rotatable bonds is 6. The van der Waals surface area contributed by atoms with E-state index in [1.54, 1.807) is 0 Å². The summed E-state index contributed by atoms with van der Waals surface area (Å²) in [5.41, 5.74) is -0.0639. The van der Waals surface area contributed by atoms with Gasteiger partial charge in [0.05, 0.1) is 5.54 Å². The van der Waals surface area contributed by atoms with Crippen LogP contribution in [0.2, 0.25) is 0 Å². The second-order valence-corrected chi connectivity index (χ2v) is 3.66. The minimum atomic E-state index is -0.0639.